The van der Waals surface area contributed by atoms with Crippen LogP contribution in [0.15, 0.2) is 30.3 Å². The number of benzene rings is 1. The van der Waals surface area contributed by atoms with Gasteiger partial charge >= 0.3 is 0 Å². The minimum absolute atomic E-state index is 0.227. The highest BCUT2D eigenvalue weighted by Gasteiger charge is 2.36. The average Bonchev–Trinajstić information content (AvgIpc) is 2.69. The summed E-state index contributed by atoms with van der Waals surface area (Å²) in [5.41, 5.74) is 0. The fourth-order valence-corrected chi connectivity index (χ4v) is 4.51. The molecule has 0 aliphatic heterocycles. The maximum absolute atomic E-state index is 13.5. The SMILES string of the molecule is CCC(Oc1ccccc1)C(=O)N(C1CCCCC1)C1CCCCC1. The molecule has 0 spiro atoms. The lowest BCUT2D eigenvalue weighted by Crippen LogP contribution is -2.53. The van der Waals surface area contributed by atoms with E-state index in [-0.39, 0.29) is 12.0 Å². The summed E-state index contributed by atoms with van der Waals surface area (Å²) in [6, 6.07) is 10.7. The first-order valence-corrected chi connectivity index (χ1v) is 10.3. The standard InChI is InChI=1S/C22H33NO2/c1-2-21(25-20-16-10-5-11-17-20)22(24)23(18-12-6-3-7-13-18)19-14-8-4-9-15-19/h5,10-11,16-19,21H,2-4,6-9,12-15H2,1H3. The van der Waals surface area contributed by atoms with Crippen LogP contribution in [0.5, 0.6) is 5.75 Å². The predicted molar refractivity (Wildman–Crippen MR) is 102 cm³/mol. The monoisotopic (exact) mass is 343 g/mol. The first kappa shape index (κ1) is 18.3. The Morgan fingerprint density at radius 1 is 0.960 bits per heavy atom. The van der Waals surface area contributed by atoms with Crippen molar-refractivity contribution in [2.45, 2.75) is 95.7 Å². The summed E-state index contributed by atoms with van der Waals surface area (Å²) >= 11 is 0. The molecule has 2 aliphatic carbocycles. The molecule has 138 valence electrons. The van der Waals surface area contributed by atoms with Crippen molar-refractivity contribution < 1.29 is 9.53 Å². The predicted octanol–water partition coefficient (Wildman–Crippen LogP) is 5.34. The molecule has 25 heavy (non-hydrogen) atoms. The Kier molecular flexibility index (Phi) is 6.77. The van der Waals surface area contributed by atoms with Gasteiger partial charge in [0.05, 0.1) is 0 Å². The zero-order valence-electron chi connectivity index (χ0n) is 15.7. The molecular formula is C22H33NO2. The van der Waals surface area contributed by atoms with Crippen molar-refractivity contribution in [3.05, 3.63) is 30.3 Å². The normalized spacial score (nSPS) is 20.8. The molecule has 1 aromatic rings. The van der Waals surface area contributed by atoms with Crippen LogP contribution in [0.1, 0.15) is 77.6 Å². The summed E-state index contributed by atoms with van der Waals surface area (Å²) in [6.07, 6.45) is 12.7. The van der Waals surface area contributed by atoms with E-state index in [1.54, 1.807) is 0 Å². The molecule has 1 aromatic carbocycles. The first-order chi connectivity index (χ1) is 12.3. The highest BCUT2D eigenvalue weighted by molar-refractivity contribution is 5.82. The van der Waals surface area contributed by atoms with Crippen molar-refractivity contribution in [1.29, 1.82) is 0 Å². The topological polar surface area (TPSA) is 29.5 Å². The van der Waals surface area contributed by atoms with E-state index in [0.717, 1.165) is 12.2 Å². The molecule has 0 N–H and O–H groups in total. The number of para-hydroxylation sites is 1. The first-order valence-electron chi connectivity index (χ1n) is 10.3. The molecule has 3 nitrogen and oxygen atoms in total. The third-order valence-corrected chi connectivity index (χ3v) is 5.86. The van der Waals surface area contributed by atoms with Crippen LogP contribution >= 0.6 is 0 Å². The van der Waals surface area contributed by atoms with Gasteiger partial charge in [0, 0.05) is 12.1 Å². The van der Waals surface area contributed by atoms with E-state index in [4.69, 9.17) is 4.74 Å². The Morgan fingerprint density at radius 3 is 1.96 bits per heavy atom. The van der Waals surface area contributed by atoms with Crippen LogP contribution in [0, 0.1) is 0 Å². The van der Waals surface area contributed by atoms with Gasteiger partial charge in [0.2, 0.25) is 0 Å². The maximum atomic E-state index is 13.5. The number of amides is 1. The van der Waals surface area contributed by atoms with Gasteiger partial charge in [0.25, 0.3) is 5.91 Å². The Labute approximate surface area is 152 Å². The van der Waals surface area contributed by atoms with Crippen molar-refractivity contribution in [2.75, 3.05) is 0 Å². The fourth-order valence-electron chi connectivity index (χ4n) is 4.51. The molecule has 0 saturated heterocycles. The van der Waals surface area contributed by atoms with E-state index in [2.05, 4.69) is 11.8 Å². The van der Waals surface area contributed by atoms with Crippen molar-refractivity contribution in [3.8, 4) is 5.75 Å². The summed E-state index contributed by atoms with van der Waals surface area (Å²) in [5, 5.41) is 0. The fraction of sp³-hybridized carbons (Fsp3) is 0.682. The molecule has 3 rings (SSSR count). The second-order valence-corrected chi connectivity index (χ2v) is 7.66. The van der Waals surface area contributed by atoms with E-state index >= 15 is 0 Å². The van der Waals surface area contributed by atoms with Crippen LogP contribution in [-0.2, 0) is 4.79 Å². The van der Waals surface area contributed by atoms with Gasteiger partial charge in [-0.3, -0.25) is 4.79 Å². The lowest BCUT2D eigenvalue weighted by Gasteiger charge is -2.43. The van der Waals surface area contributed by atoms with Gasteiger partial charge in [-0.1, -0.05) is 63.6 Å². The van der Waals surface area contributed by atoms with Crippen molar-refractivity contribution in [1.82, 2.24) is 4.90 Å². The summed E-state index contributed by atoms with van der Waals surface area (Å²) in [4.78, 5) is 15.8. The minimum atomic E-state index is -0.355. The lowest BCUT2D eigenvalue weighted by molar-refractivity contribution is -0.146. The number of ether oxygens (including phenoxy) is 1. The summed E-state index contributed by atoms with van der Waals surface area (Å²) in [7, 11) is 0. The highest BCUT2D eigenvalue weighted by atomic mass is 16.5. The number of nitrogens with zero attached hydrogens (tertiary/aromatic N) is 1. The third-order valence-electron chi connectivity index (χ3n) is 5.86. The number of rotatable bonds is 6. The number of carbonyl (C=O) groups is 1. The van der Waals surface area contributed by atoms with E-state index in [1.165, 1.54) is 64.2 Å². The maximum Gasteiger partial charge on any atom is 0.264 e. The zero-order chi connectivity index (χ0) is 17.5. The van der Waals surface area contributed by atoms with Crippen LogP contribution in [-0.4, -0.2) is 29.0 Å². The molecule has 0 heterocycles. The van der Waals surface area contributed by atoms with Gasteiger partial charge in [0.15, 0.2) is 6.10 Å². The van der Waals surface area contributed by atoms with Crippen LogP contribution in [0.2, 0.25) is 0 Å². The van der Waals surface area contributed by atoms with Crippen LogP contribution < -0.4 is 4.74 Å². The second-order valence-electron chi connectivity index (χ2n) is 7.66. The molecule has 0 aromatic heterocycles. The van der Waals surface area contributed by atoms with Gasteiger partial charge in [-0.25, -0.2) is 0 Å². The van der Waals surface area contributed by atoms with Crippen LogP contribution in [0.25, 0.3) is 0 Å². The van der Waals surface area contributed by atoms with Gasteiger partial charge in [-0.15, -0.1) is 0 Å². The Balaban J connectivity index is 1.75. The summed E-state index contributed by atoms with van der Waals surface area (Å²) < 4.78 is 6.10. The van der Waals surface area contributed by atoms with Gasteiger partial charge < -0.3 is 9.64 Å². The molecule has 0 radical (unpaired) electrons. The quantitative estimate of drug-likeness (QED) is 0.698. The van der Waals surface area contributed by atoms with Gasteiger partial charge in [0.1, 0.15) is 5.75 Å². The molecule has 2 aliphatic rings. The Hall–Kier alpha value is -1.51. The average molecular weight is 344 g/mol. The zero-order valence-corrected chi connectivity index (χ0v) is 15.7. The molecular weight excluding hydrogens is 310 g/mol. The second kappa shape index (κ2) is 9.26. The van der Waals surface area contributed by atoms with E-state index < -0.39 is 0 Å². The lowest BCUT2D eigenvalue weighted by atomic mass is 9.88. The van der Waals surface area contributed by atoms with Crippen molar-refractivity contribution >= 4 is 5.91 Å². The number of hydrogen-bond acceptors (Lipinski definition) is 2. The van der Waals surface area contributed by atoms with Crippen molar-refractivity contribution in [2.24, 2.45) is 0 Å². The number of hydrogen-bond donors (Lipinski definition) is 0. The van der Waals surface area contributed by atoms with Crippen LogP contribution in [0.3, 0.4) is 0 Å². The number of carbonyl (C=O) groups excluding carboxylic acids is 1. The summed E-state index contributed by atoms with van der Waals surface area (Å²) in [5.74, 6) is 1.03. The smallest absolute Gasteiger partial charge is 0.264 e. The van der Waals surface area contributed by atoms with Crippen molar-refractivity contribution in [3.63, 3.8) is 0 Å². The Bertz CT molecular complexity index is 500. The van der Waals surface area contributed by atoms with Gasteiger partial charge in [-0.2, -0.15) is 0 Å². The molecule has 2 saturated carbocycles. The van der Waals surface area contributed by atoms with E-state index in [9.17, 15) is 4.79 Å². The molecule has 2 fully saturated rings. The largest absolute Gasteiger partial charge is 0.481 e. The summed E-state index contributed by atoms with van der Waals surface area (Å²) in [6.45, 7) is 2.06. The minimum Gasteiger partial charge on any atom is -0.481 e. The van der Waals surface area contributed by atoms with E-state index in [1.807, 2.05) is 30.3 Å². The molecule has 1 amide bonds. The molecule has 0 bridgehead atoms. The van der Waals surface area contributed by atoms with E-state index in [0.29, 0.717) is 12.1 Å². The highest BCUT2D eigenvalue weighted by Crippen LogP contribution is 2.31. The molecule has 1 atom stereocenters. The third kappa shape index (κ3) is 4.77. The Morgan fingerprint density at radius 2 is 1.48 bits per heavy atom. The molecule has 3 heteroatoms. The molecule has 1 unspecified atom stereocenters. The van der Waals surface area contributed by atoms with Crippen LogP contribution in [0.4, 0.5) is 0 Å². The van der Waals surface area contributed by atoms with Gasteiger partial charge in [-0.05, 0) is 44.2 Å².